The molecule has 2 nitrogen and oxygen atoms in total. The van der Waals surface area contributed by atoms with Gasteiger partial charge in [-0.25, -0.2) is 8.42 Å². The molecule has 1 heterocycles. The van der Waals surface area contributed by atoms with E-state index in [2.05, 4.69) is 38.8 Å². The highest BCUT2D eigenvalue weighted by molar-refractivity contribution is 9.12. The molecule has 0 bridgehead atoms. The van der Waals surface area contributed by atoms with Gasteiger partial charge in [0, 0.05) is 0 Å². The van der Waals surface area contributed by atoms with E-state index in [0.717, 1.165) is 23.0 Å². The summed E-state index contributed by atoms with van der Waals surface area (Å²) in [6.07, 6.45) is 9.32. The van der Waals surface area contributed by atoms with Crippen LogP contribution in [0.5, 0.6) is 0 Å². The molecule has 1 aromatic rings. The lowest BCUT2D eigenvalue weighted by Crippen LogP contribution is -2.06. The van der Waals surface area contributed by atoms with E-state index >= 15 is 0 Å². The van der Waals surface area contributed by atoms with Gasteiger partial charge in [0.2, 0.25) is 0 Å². The smallest absolute Gasteiger partial charge is 0.180 e. The fourth-order valence-electron chi connectivity index (χ4n) is 2.07. The molecule has 0 aliphatic heterocycles. The molecule has 0 aliphatic carbocycles. The topological polar surface area (TPSA) is 34.1 Å². The minimum absolute atomic E-state index is 0.254. The zero-order chi connectivity index (χ0) is 15.0. The molecule has 0 N–H and O–H groups in total. The van der Waals surface area contributed by atoms with Crippen molar-refractivity contribution in [1.82, 2.24) is 0 Å². The first-order valence-corrected chi connectivity index (χ1v) is 11.2. The molecule has 20 heavy (non-hydrogen) atoms. The summed E-state index contributed by atoms with van der Waals surface area (Å²) in [5.74, 6) is 0.254. The Morgan fingerprint density at radius 1 is 1.00 bits per heavy atom. The summed E-state index contributed by atoms with van der Waals surface area (Å²) in [6.45, 7) is 2.21. The van der Waals surface area contributed by atoms with Gasteiger partial charge in [-0.05, 0) is 44.3 Å². The van der Waals surface area contributed by atoms with Crippen LogP contribution in [0.25, 0.3) is 0 Å². The van der Waals surface area contributed by atoms with E-state index in [-0.39, 0.29) is 5.75 Å². The number of hydrogen-bond acceptors (Lipinski definition) is 3. The molecule has 0 amide bonds. The van der Waals surface area contributed by atoms with E-state index in [1.54, 1.807) is 6.07 Å². The van der Waals surface area contributed by atoms with Crippen molar-refractivity contribution in [1.29, 1.82) is 0 Å². The minimum Gasteiger partial charge on any atom is -0.224 e. The van der Waals surface area contributed by atoms with Crippen LogP contribution in [0.4, 0.5) is 0 Å². The van der Waals surface area contributed by atoms with Crippen molar-refractivity contribution < 1.29 is 8.42 Å². The van der Waals surface area contributed by atoms with Crippen LogP contribution in [0.15, 0.2) is 18.5 Å². The maximum absolute atomic E-state index is 12.2. The Hall–Kier alpha value is 0.610. The van der Waals surface area contributed by atoms with E-state index in [1.165, 1.54) is 43.4 Å². The van der Waals surface area contributed by atoms with E-state index in [9.17, 15) is 8.42 Å². The Labute approximate surface area is 143 Å². The van der Waals surface area contributed by atoms with Gasteiger partial charge in [-0.2, -0.15) is 0 Å². The largest absolute Gasteiger partial charge is 0.224 e. The van der Waals surface area contributed by atoms with Gasteiger partial charge in [0.05, 0.1) is 18.2 Å². The van der Waals surface area contributed by atoms with Crippen molar-refractivity contribution in [3.05, 3.63) is 13.6 Å². The summed E-state index contributed by atoms with van der Waals surface area (Å²) >= 11 is 8.05. The number of unbranched alkanes of at least 4 members (excludes halogenated alkanes) is 7. The number of thiophene rings is 1. The van der Waals surface area contributed by atoms with Crippen molar-refractivity contribution in [3.63, 3.8) is 0 Å². The van der Waals surface area contributed by atoms with Crippen LogP contribution in [0.3, 0.4) is 0 Å². The van der Waals surface area contributed by atoms with Crippen LogP contribution in [-0.2, 0) is 9.84 Å². The molecule has 0 spiro atoms. The van der Waals surface area contributed by atoms with Crippen LogP contribution >= 0.6 is 43.2 Å². The van der Waals surface area contributed by atoms with Crippen LogP contribution < -0.4 is 0 Å². The molecule has 1 aromatic heterocycles. The molecule has 0 saturated heterocycles. The van der Waals surface area contributed by atoms with Crippen molar-refractivity contribution in [2.45, 2.75) is 63.2 Å². The first kappa shape index (κ1) is 18.7. The van der Waals surface area contributed by atoms with Gasteiger partial charge in [0.15, 0.2) is 9.84 Å². The second-order valence-corrected chi connectivity index (χ2v) is 10.8. The highest BCUT2D eigenvalue weighted by atomic mass is 79.9. The van der Waals surface area contributed by atoms with Crippen molar-refractivity contribution in [2.75, 3.05) is 5.75 Å². The van der Waals surface area contributed by atoms with E-state index < -0.39 is 9.84 Å². The third kappa shape index (κ3) is 6.58. The molecule has 1 rings (SSSR count). The number of rotatable bonds is 10. The van der Waals surface area contributed by atoms with Gasteiger partial charge in [-0.1, -0.05) is 51.9 Å². The van der Waals surface area contributed by atoms with E-state index in [4.69, 9.17) is 0 Å². The molecule has 0 aliphatic rings. The Morgan fingerprint density at radius 3 is 2.05 bits per heavy atom. The Kier molecular flexibility index (Phi) is 8.95. The zero-order valence-electron chi connectivity index (χ0n) is 11.8. The van der Waals surface area contributed by atoms with Gasteiger partial charge in [-0.3, -0.25) is 0 Å². The molecule has 0 unspecified atom stereocenters. The van der Waals surface area contributed by atoms with Gasteiger partial charge < -0.3 is 0 Å². The second-order valence-electron chi connectivity index (χ2n) is 4.98. The maximum atomic E-state index is 12.2. The lowest BCUT2D eigenvalue weighted by Gasteiger charge is -2.03. The van der Waals surface area contributed by atoms with Crippen molar-refractivity contribution >= 4 is 53.0 Å². The summed E-state index contributed by atoms with van der Waals surface area (Å²) < 4.78 is 25.9. The number of hydrogen-bond donors (Lipinski definition) is 0. The standard InChI is InChI=1S/C14H22Br2O2S2/c1-2-3-4-5-6-7-8-9-10-20(17,18)12-11-13(15)19-14(12)16/h11H,2-10H2,1H3. The SMILES string of the molecule is CCCCCCCCCCS(=O)(=O)c1cc(Br)sc1Br. The summed E-state index contributed by atoms with van der Waals surface area (Å²) in [5.41, 5.74) is 0. The zero-order valence-corrected chi connectivity index (χ0v) is 16.6. The van der Waals surface area contributed by atoms with Crippen LogP contribution in [-0.4, -0.2) is 14.2 Å². The fourth-order valence-corrected chi connectivity index (χ4v) is 7.40. The summed E-state index contributed by atoms with van der Waals surface area (Å²) in [4.78, 5) is 0.428. The Morgan fingerprint density at radius 2 is 1.55 bits per heavy atom. The lowest BCUT2D eigenvalue weighted by molar-refractivity contribution is 0.572. The van der Waals surface area contributed by atoms with Crippen molar-refractivity contribution in [2.24, 2.45) is 0 Å². The van der Waals surface area contributed by atoms with E-state index in [0.29, 0.717) is 8.68 Å². The normalized spacial score (nSPS) is 11.9. The van der Waals surface area contributed by atoms with E-state index in [1.807, 2.05) is 0 Å². The van der Waals surface area contributed by atoms with Gasteiger partial charge in [-0.15, -0.1) is 11.3 Å². The molecular formula is C14H22Br2O2S2. The second kappa shape index (κ2) is 9.59. The molecule has 0 aromatic carbocycles. The lowest BCUT2D eigenvalue weighted by atomic mass is 10.1. The van der Waals surface area contributed by atoms with Crippen LogP contribution in [0.1, 0.15) is 58.3 Å². The minimum atomic E-state index is -3.14. The molecule has 0 radical (unpaired) electrons. The maximum Gasteiger partial charge on any atom is 0.180 e. The Balaban J connectivity index is 2.26. The predicted molar refractivity (Wildman–Crippen MR) is 94.4 cm³/mol. The van der Waals surface area contributed by atoms with Gasteiger partial charge >= 0.3 is 0 Å². The quantitative estimate of drug-likeness (QED) is 0.402. The third-order valence-electron chi connectivity index (χ3n) is 3.23. The van der Waals surface area contributed by atoms with Crippen molar-refractivity contribution in [3.8, 4) is 0 Å². The molecule has 6 heteroatoms. The average molecular weight is 446 g/mol. The summed E-state index contributed by atoms with van der Waals surface area (Å²) in [5, 5.41) is 0. The average Bonchev–Trinajstić information content (AvgIpc) is 2.72. The Bertz CT molecular complexity index is 495. The highest BCUT2D eigenvalue weighted by Crippen LogP contribution is 2.35. The molecule has 0 atom stereocenters. The van der Waals surface area contributed by atoms with Crippen LogP contribution in [0, 0.1) is 0 Å². The molecule has 0 saturated carbocycles. The summed E-state index contributed by atoms with van der Waals surface area (Å²) in [7, 11) is -3.14. The van der Waals surface area contributed by atoms with Gasteiger partial charge in [0.25, 0.3) is 0 Å². The number of sulfone groups is 1. The molecular weight excluding hydrogens is 424 g/mol. The monoisotopic (exact) mass is 444 g/mol. The highest BCUT2D eigenvalue weighted by Gasteiger charge is 2.19. The first-order chi connectivity index (χ1) is 9.47. The van der Waals surface area contributed by atoms with Crippen LogP contribution in [0.2, 0.25) is 0 Å². The molecule has 0 fully saturated rings. The predicted octanol–water partition coefficient (Wildman–Crippen LogP) is 6.19. The first-order valence-electron chi connectivity index (χ1n) is 7.15. The number of halogens is 2. The van der Waals surface area contributed by atoms with Gasteiger partial charge in [0.1, 0.15) is 0 Å². The fraction of sp³-hybridized carbons (Fsp3) is 0.714. The molecule has 116 valence electrons. The summed E-state index contributed by atoms with van der Waals surface area (Å²) in [6, 6.07) is 1.69. The third-order valence-corrected chi connectivity index (χ3v) is 7.78.